The summed E-state index contributed by atoms with van der Waals surface area (Å²) in [6.07, 6.45) is 2.26. The van der Waals surface area contributed by atoms with Gasteiger partial charge in [-0.2, -0.15) is 5.26 Å². The summed E-state index contributed by atoms with van der Waals surface area (Å²) in [6.45, 7) is 1.92. The van der Waals surface area contributed by atoms with Gasteiger partial charge in [-0.15, -0.1) is 11.3 Å². The van der Waals surface area contributed by atoms with E-state index in [1.54, 1.807) is 12.1 Å². The summed E-state index contributed by atoms with van der Waals surface area (Å²) in [6, 6.07) is 8.18. The van der Waals surface area contributed by atoms with Crippen LogP contribution in [0.15, 0.2) is 24.3 Å². The van der Waals surface area contributed by atoms with Crippen LogP contribution in [-0.2, 0) is 4.79 Å². The van der Waals surface area contributed by atoms with Crippen LogP contribution < -0.4 is 5.32 Å². The van der Waals surface area contributed by atoms with Gasteiger partial charge in [-0.05, 0) is 44.0 Å². The maximum Gasteiger partial charge on any atom is 0.226 e. The van der Waals surface area contributed by atoms with E-state index in [9.17, 15) is 9.18 Å². The van der Waals surface area contributed by atoms with Gasteiger partial charge < -0.3 is 5.32 Å². The molecule has 0 saturated carbocycles. The number of hydrogen-bond donors (Lipinski definition) is 1. The Balaban J connectivity index is 1.99. The van der Waals surface area contributed by atoms with Crippen molar-refractivity contribution in [2.45, 2.75) is 32.6 Å². The number of carbonyl (C=O) groups is 1. The average molecular weight is 317 g/mol. The molecule has 0 radical (unpaired) electrons. The van der Waals surface area contributed by atoms with Crippen LogP contribution in [0.1, 0.15) is 30.6 Å². The van der Waals surface area contributed by atoms with E-state index in [2.05, 4.69) is 16.4 Å². The second kappa shape index (κ2) is 7.66. The molecule has 0 aliphatic heterocycles. The third-order valence-electron chi connectivity index (χ3n) is 3.10. The Morgan fingerprint density at radius 1 is 1.36 bits per heavy atom. The standard InChI is InChI=1S/C16H16FN3OS/c1-11-15(12-6-8-13(17)9-7-12)20-16(22-11)19-14(21)5-3-2-4-10-18/h6-9H,2-5H2,1H3,(H,19,20,21). The van der Waals surface area contributed by atoms with Crippen molar-refractivity contribution in [2.24, 2.45) is 0 Å². The highest BCUT2D eigenvalue weighted by Crippen LogP contribution is 2.30. The first-order chi connectivity index (χ1) is 10.6. The minimum atomic E-state index is -0.289. The fourth-order valence-electron chi connectivity index (χ4n) is 2.00. The molecule has 0 aliphatic carbocycles. The molecule has 0 atom stereocenters. The van der Waals surface area contributed by atoms with Crippen molar-refractivity contribution in [2.75, 3.05) is 5.32 Å². The number of thiazole rings is 1. The zero-order valence-electron chi connectivity index (χ0n) is 12.2. The monoisotopic (exact) mass is 317 g/mol. The van der Waals surface area contributed by atoms with E-state index in [1.165, 1.54) is 23.5 Å². The summed E-state index contributed by atoms with van der Waals surface area (Å²) in [5, 5.41) is 11.8. The maximum atomic E-state index is 13.0. The highest BCUT2D eigenvalue weighted by Gasteiger charge is 2.12. The Kier molecular flexibility index (Phi) is 5.61. The molecule has 1 N–H and O–H groups in total. The predicted molar refractivity (Wildman–Crippen MR) is 85.0 cm³/mol. The molecule has 1 aromatic carbocycles. The van der Waals surface area contributed by atoms with Gasteiger partial charge in [0.1, 0.15) is 5.82 Å². The van der Waals surface area contributed by atoms with E-state index in [0.717, 1.165) is 22.6 Å². The van der Waals surface area contributed by atoms with Gasteiger partial charge in [-0.3, -0.25) is 4.79 Å². The van der Waals surface area contributed by atoms with E-state index in [4.69, 9.17) is 5.26 Å². The predicted octanol–water partition coefficient (Wildman–Crippen LogP) is 4.28. The highest BCUT2D eigenvalue weighted by molar-refractivity contribution is 7.16. The van der Waals surface area contributed by atoms with Crippen LogP contribution in [0.2, 0.25) is 0 Å². The number of nitrogens with one attached hydrogen (secondary N) is 1. The SMILES string of the molecule is Cc1sc(NC(=O)CCCCC#N)nc1-c1ccc(F)cc1. The molecule has 0 fully saturated rings. The zero-order valence-corrected chi connectivity index (χ0v) is 13.0. The van der Waals surface area contributed by atoms with Gasteiger partial charge in [-0.25, -0.2) is 9.37 Å². The second-order valence-corrected chi connectivity index (χ2v) is 6.05. The largest absolute Gasteiger partial charge is 0.302 e. The lowest BCUT2D eigenvalue weighted by molar-refractivity contribution is -0.116. The minimum absolute atomic E-state index is 0.0997. The Hall–Kier alpha value is -2.26. The smallest absolute Gasteiger partial charge is 0.226 e. The Morgan fingerprint density at radius 3 is 2.77 bits per heavy atom. The Morgan fingerprint density at radius 2 is 2.09 bits per heavy atom. The number of unbranched alkanes of at least 4 members (excludes halogenated alkanes) is 2. The average Bonchev–Trinajstić information content (AvgIpc) is 2.85. The number of aromatic nitrogens is 1. The first-order valence-corrected chi connectivity index (χ1v) is 7.82. The number of benzene rings is 1. The third-order valence-corrected chi connectivity index (χ3v) is 3.99. The summed E-state index contributed by atoms with van der Waals surface area (Å²) >= 11 is 1.40. The normalized spacial score (nSPS) is 10.2. The van der Waals surface area contributed by atoms with Gasteiger partial charge in [0.05, 0.1) is 11.8 Å². The van der Waals surface area contributed by atoms with E-state index in [1.807, 2.05) is 6.92 Å². The van der Waals surface area contributed by atoms with Crippen LogP contribution in [0.5, 0.6) is 0 Å². The third kappa shape index (κ3) is 4.37. The van der Waals surface area contributed by atoms with Gasteiger partial charge in [0.25, 0.3) is 0 Å². The first kappa shape index (κ1) is 16.1. The zero-order chi connectivity index (χ0) is 15.9. The van der Waals surface area contributed by atoms with Crippen molar-refractivity contribution in [1.82, 2.24) is 4.98 Å². The number of aryl methyl sites for hydroxylation is 1. The molecule has 0 aliphatic rings. The van der Waals surface area contributed by atoms with Crippen molar-refractivity contribution in [3.8, 4) is 17.3 Å². The molecule has 22 heavy (non-hydrogen) atoms. The van der Waals surface area contributed by atoms with Crippen LogP contribution in [0, 0.1) is 24.1 Å². The lowest BCUT2D eigenvalue weighted by atomic mass is 10.1. The number of carbonyl (C=O) groups excluding carboxylic acids is 1. The van der Waals surface area contributed by atoms with Gasteiger partial charge in [0, 0.05) is 23.3 Å². The number of nitrogens with zero attached hydrogens (tertiary/aromatic N) is 2. The molecule has 0 unspecified atom stereocenters. The number of halogens is 1. The number of nitriles is 1. The van der Waals surface area contributed by atoms with Crippen LogP contribution in [0.25, 0.3) is 11.3 Å². The van der Waals surface area contributed by atoms with Crippen LogP contribution in [0.3, 0.4) is 0 Å². The molecule has 1 aromatic heterocycles. The van der Waals surface area contributed by atoms with Crippen LogP contribution in [0.4, 0.5) is 9.52 Å². The molecule has 2 aromatic rings. The molecular formula is C16H16FN3OS. The molecule has 0 bridgehead atoms. The Bertz CT molecular complexity index is 688. The second-order valence-electron chi connectivity index (χ2n) is 4.84. The lowest BCUT2D eigenvalue weighted by Crippen LogP contribution is -2.10. The van der Waals surface area contributed by atoms with Crippen molar-refractivity contribution in [1.29, 1.82) is 5.26 Å². The molecule has 0 spiro atoms. The summed E-state index contributed by atoms with van der Waals surface area (Å²) < 4.78 is 13.0. The fraction of sp³-hybridized carbons (Fsp3) is 0.312. The summed E-state index contributed by atoms with van der Waals surface area (Å²) in [7, 11) is 0. The van der Waals surface area contributed by atoms with E-state index < -0.39 is 0 Å². The quantitative estimate of drug-likeness (QED) is 0.809. The molecule has 1 amide bonds. The number of hydrogen-bond acceptors (Lipinski definition) is 4. The maximum absolute atomic E-state index is 13.0. The van der Waals surface area contributed by atoms with Gasteiger partial charge in [0.15, 0.2) is 5.13 Å². The topological polar surface area (TPSA) is 65.8 Å². The van der Waals surface area contributed by atoms with Crippen LogP contribution in [-0.4, -0.2) is 10.9 Å². The van der Waals surface area contributed by atoms with Crippen LogP contribution >= 0.6 is 11.3 Å². The minimum Gasteiger partial charge on any atom is -0.302 e. The summed E-state index contributed by atoms with van der Waals surface area (Å²) in [4.78, 5) is 17.2. The van der Waals surface area contributed by atoms with E-state index >= 15 is 0 Å². The molecule has 2 rings (SSSR count). The molecule has 6 heteroatoms. The van der Waals surface area contributed by atoms with E-state index in [0.29, 0.717) is 24.4 Å². The van der Waals surface area contributed by atoms with Crippen molar-refractivity contribution >= 4 is 22.4 Å². The van der Waals surface area contributed by atoms with Gasteiger partial charge >= 0.3 is 0 Å². The number of rotatable bonds is 6. The van der Waals surface area contributed by atoms with Crippen molar-refractivity contribution in [3.05, 3.63) is 35.0 Å². The Labute approximate surface area is 132 Å². The van der Waals surface area contributed by atoms with Gasteiger partial charge in [0.2, 0.25) is 5.91 Å². The molecule has 1 heterocycles. The van der Waals surface area contributed by atoms with Crippen molar-refractivity contribution in [3.63, 3.8) is 0 Å². The molecule has 0 saturated heterocycles. The van der Waals surface area contributed by atoms with Gasteiger partial charge in [-0.1, -0.05) is 0 Å². The summed E-state index contributed by atoms with van der Waals surface area (Å²) in [5.74, 6) is -0.389. The number of amides is 1. The number of anilines is 1. The fourth-order valence-corrected chi connectivity index (χ4v) is 2.85. The molecule has 114 valence electrons. The lowest BCUT2D eigenvalue weighted by Gasteiger charge is -2.00. The summed E-state index contributed by atoms with van der Waals surface area (Å²) in [5.41, 5.74) is 1.58. The molecular weight excluding hydrogens is 301 g/mol. The first-order valence-electron chi connectivity index (χ1n) is 7.00. The molecule has 4 nitrogen and oxygen atoms in total. The van der Waals surface area contributed by atoms with E-state index in [-0.39, 0.29) is 11.7 Å². The highest BCUT2D eigenvalue weighted by atomic mass is 32.1. The van der Waals surface area contributed by atoms with Crippen molar-refractivity contribution < 1.29 is 9.18 Å².